The van der Waals surface area contributed by atoms with Crippen molar-refractivity contribution in [2.45, 2.75) is 24.3 Å². The molecule has 3 rings (SSSR count). The number of nitrogens with one attached hydrogen (secondary N) is 1. The van der Waals surface area contributed by atoms with Gasteiger partial charge in [0, 0.05) is 33.2 Å². The summed E-state index contributed by atoms with van der Waals surface area (Å²) in [6.07, 6.45) is 2.33. The van der Waals surface area contributed by atoms with E-state index < -0.39 is 0 Å². The second kappa shape index (κ2) is 9.77. The number of hydrogen-bond acceptors (Lipinski definition) is 4. The van der Waals surface area contributed by atoms with E-state index in [0.717, 1.165) is 11.3 Å². The van der Waals surface area contributed by atoms with Gasteiger partial charge in [-0.05, 0) is 55.1 Å². The Morgan fingerprint density at radius 2 is 1.48 bits per heavy atom. The van der Waals surface area contributed by atoms with Gasteiger partial charge in [-0.15, -0.1) is 11.8 Å². The Balaban J connectivity index is 1.83. The SMILES string of the molecule is CSc1ccc(C(CC(=O)c2ccc(C(C)=O)cc2)Nc2ccc(Cl)cc2)cc1. The largest absolute Gasteiger partial charge is 0.378 e. The Kier molecular flexibility index (Phi) is 7.13. The normalized spacial score (nSPS) is 11.7. The van der Waals surface area contributed by atoms with Crippen LogP contribution in [-0.2, 0) is 0 Å². The van der Waals surface area contributed by atoms with Crippen molar-refractivity contribution in [2.75, 3.05) is 11.6 Å². The topological polar surface area (TPSA) is 46.2 Å². The van der Waals surface area contributed by atoms with E-state index in [4.69, 9.17) is 11.6 Å². The summed E-state index contributed by atoms with van der Waals surface area (Å²) in [7, 11) is 0. The fraction of sp³-hybridized carbons (Fsp3) is 0.167. The van der Waals surface area contributed by atoms with Gasteiger partial charge >= 0.3 is 0 Å². The van der Waals surface area contributed by atoms with Gasteiger partial charge in [0.25, 0.3) is 0 Å². The number of halogens is 1. The molecule has 0 aliphatic carbocycles. The van der Waals surface area contributed by atoms with Crippen LogP contribution in [0.2, 0.25) is 5.02 Å². The predicted molar refractivity (Wildman–Crippen MR) is 121 cm³/mol. The maximum atomic E-state index is 12.9. The van der Waals surface area contributed by atoms with Crippen molar-refractivity contribution in [3.8, 4) is 0 Å². The highest BCUT2D eigenvalue weighted by Gasteiger charge is 2.18. The number of rotatable bonds is 8. The molecule has 0 saturated heterocycles. The lowest BCUT2D eigenvalue weighted by Gasteiger charge is -2.20. The Morgan fingerprint density at radius 3 is 2.03 bits per heavy atom. The Morgan fingerprint density at radius 1 is 0.897 bits per heavy atom. The molecule has 0 radical (unpaired) electrons. The smallest absolute Gasteiger partial charge is 0.165 e. The summed E-state index contributed by atoms with van der Waals surface area (Å²) >= 11 is 7.67. The van der Waals surface area contributed by atoms with Crippen LogP contribution >= 0.6 is 23.4 Å². The molecule has 3 nitrogen and oxygen atoms in total. The van der Waals surface area contributed by atoms with Gasteiger partial charge < -0.3 is 5.32 Å². The first-order valence-electron chi connectivity index (χ1n) is 9.26. The van der Waals surface area contributed by atoms with E-state index in [2.05, 4.69) is 17.4 Å². The molecule has 1 atom stereocenters. The highest BCUT2D eigenvalue weighted by atomic mass is 35.5. The summed E-state index contributed by atoms with van der Waals surface area (Å²) < 4.78 is 0. The van der Waals surface area contributed by atoms with Crippen molar-refractivity contribution < 1.29 is 9.59 Å². The zero-order valence-corrected chi connectivity index (χ0v) is 17.9. The second-order valence-electron chi connectivity index (χ2n) is 6.74. The van der Waals surface area contributed by atoms with E-state index in [9.17, 15) is 9.59 Å². The van der Waals surface area contributed by atoms with Crippen LogP contribution in [0, 0.1) is 0 Å². The molecule has 0 fully saturated rings. The number of Topliss-reactive ketones (excluding diaryl/α,β-unsaturated/α-hetero) is 2. The first-order valence-corrected chi connectivity index (χ1v) is 10.9. The first kappa shape index (κ1) is 21.2. The Labute approximate surface area is 180 Å². The van der Waals surface area contributed by atoms with Gasteiger partial charge in [-0.2, -0.15) is 0 Å². The molecular formula is C24H22ClNO2S. The minimum Gasteiger partial charge on any atom is -0.378 e. The van der Waals surface area contributed by atoms with E-state index in [1.807, 2.05) is 42.7 Å². The predicted octanol–water partition coefficient (Wildman–Crippen LogP) is 6.69. The van der Waals surface area contributed by atoms with Crippen LogP contribution in [0.15, 0.2) is 77.7 Å². The number of ketones is 2. The molecule has 0 heterocycles. The number of anilines is 1. The van der Waals surface area contributed by atoms with Crippen molar-refractivity contribution >= 4 is 40.6 Å². The van der Waals surface area contributed by atoms with Crippen LogP contribution in [0.4, 0.5) is 5.69 Å². The first-order chi connectivity index (χ1) is 14.0. The summed E-state index contributed by atoms with van der Waals surface area (Å²) in [5.74, 6) is 0.000623. The van der Waals surface area contributed by atoms with Crippen LogP contribution in [0.25, 0.3) is 0 Å². The molecule has 5 heteroatoms. The molecule has 0 aromatic heterocycles. The third kappa shape index (κ3) is 5.72. The van der Waals surface area contributed by atoms with Crippen LogP contribution < -0.4 is 5.32 Å². The lowest BCUT2D eigenvalue weighted by atomic mass is 9.96. The number of thioether (sulfide) groups is 1. The second-order valence-corrected chi connectivity index (χ2v) is 8.05. The van der Waals surface area contributed by atoms with Crippen LogP contribution in [0.3, 0.4) is 0 Å². The van der Waals surface area contributed by atoms with Crippen molar-refractivity contribution in [2.24, 2.45) is 0 Å². The lowest BCUT2D eigenvalue weighted by Crippen LogP contribution is -2.16. The Hall–Kier alpha value is -2.56. The highest BCUT2D eigenvalue weighted by Crippen LogP contribution is 2.27. The van der Waals surface area contributed by atoms with E-state index in [0.29, 0.717) is 22.6 Å². The van der Waals surface area contributed by atoms with Crippen LogP contribution in [0.5, 0.6) is 0 Å². The maximum Gasteiger partial charge on any atom is 0.165 e. The molecule has 29 heavy (non-hydrogen) atoms. The van der Waals surface area contributed by atoms with Gasteiger partial charge in [-0.25, -0.2) is 0 Å². The molecule has 1 unspecified atom stereocenters. The molecule has 0 aliphatic heterocycles. The van der Waals surface area contributed by atoms with E-state index >= 15 is 0 Å². The average Bonchev–Trinajstić information content (AvgIpc) is 2.75. The number of benzene rings is 3. The quantitative estimate of drug-likeness (QED) is 0.324. The van der Waals surface area contributed by atoms with Crippen LogP contribution in [0.1, 0.15) is 45.7 Å². The van der Waals surface area contributed by atoms with Crippen LogP contribution in [-0.4, -0.2) is 17.8 Å². The fourth-order valence-corrected chi connectivity index (χ4v) is 3.56. The molecule has 3 aromatic rings. The molecular weight excluding hydrogens is 402 g/mol. The minimum atomic E-state index is -0.188. The summed E-state index contributed by atoms with van der Waals surface area (Å²) in [4.78, 5) is 25.6. The number of carbonyl (C=O) groups is 2. The van der Waals surface area contributed by atoms with E-state index in [1.54, 1.807) is 36.0 Å². The van der Waals surface area contributed by atoms with Crippen molar-refractivity contribution in [3.05, 3.63) is 94.5 Å². The molecule has 148 valence electrons. The summed E-state index contributed by atoms with van der Waals surface area (Å²) in [5.41, 5.74) is 3.13. The van der Waals surface area contributed by atoms with Gasteiger partial charge in [0.1, 0.15) is 0 Å². The monoisotopic (exact) mass is 423 g/mol. The molecule has 0 spiro atoms. The molecule has 3 aromatic carbocycles. The van der Waals surface area contributed by atoms with Gasteiger partial charge in [-0.1, -0.05) is 48.0 Å². The van der Waals surface area contributed by atoms with E-state index in [1.165, 1.54) is 11.8 Å². The number of carbonyl (C=O) groups excluding carboxylic acids is 2. The van der Waals surface area contributed by atoms with Crippen molar-refractivity contribution in [3.63, 3.8) is 0 Å². The van der Waals surface area contributed by atoms with Gasteiger partial charge in [0.2, 0.25) is 0 Å². The fourth-order valence-electron chi connectivity index (χ4n) is 3.03. The number of hydrogen-bond donors (Lipinski definition) is 1. The maximum absolute atomic E-state index is 12.9. The van der Waals surface area contributed by atoms with Gasteiger partial charge in [0.15, 0.2) is 11.6 Å². The molecule has 1 N–H and O–H groups in total. The highest BCUT2D eigenvalue weighted by molar-refractivity contribution is 7.98. The van der Waals surface area contributed by atoms with Crippen molar-refractivity contribution in [1.29, 1.82) is 0 Å². The summed E-state index contributed by atoms with van der Waals surface area (Å²) in [5, 5.41) is 4.11. The molecule has 0 bridgehead atoms. The van der Waals surface area contributed by atoms with Gasteiger partial charge in [0.05, 0.1) is 6.04 Å². The zero-order chi connectivity index (χ0) is 20.8. The zero-order valence-electron chi connectivity index (χ0n) is 16.3. The summed E-state index contributed by atoms with van der Waals surface area (Å²) in [6, 6.07) is 22.3. The molecule has 0 saturated carbocycles. The Bertz CT molecular complexity index is 983. The molecule has 0 aliphatic rings. The molecule has 0 amide bonds. The average molecular weight is 424 g/mol. The van der Waals surface area contributed by atoms with E-state index in [-0.39, 0.29) is 17.6 Å². The minimum absolute atomic E-state index is 0.0137. The standard InChI is InChI=1S/C24H22ClNO2S/c1-16(27)17-3-5-19(6-4-17)24(28)15-23(18-7-13-22(29-2)14-8-18)26-21-11-9-20(25)10-12-21/h3-14,23,26H,15H2,1-2H3. The summed E-state index contributed by atoms with van der Waals surface area (Å²) in [6.45, 7) is 1.52. The lowest BCUT2D eigenvalue weighted by molar-refractivity contribution is 0.0973. The third-order valence-corrected chi connectivity index (χ3v) is 5.70. The van der Waals surface area contributed by atoms with Crippen molar-refractivity contribution in [1.82, 2.24) is 0 Å². The van der Waals surface area contributed by atoms with Gasteiger partial charge in [-0.3, -0.25) is 9.59 Å². The third-order valence-electron chi connectivity index (χ3n) is 4.71.